The van der Waals surface area contributed by atoms with Gasteiger partial charge in [0.25, 0.3) is 5.91 Å². The summed E-state index contributed by atoms with van der Waals surface area (Å²) in [7, 11) is 1.71. The quantitative estimate of drug-likeness (QED) is 0.886. The van der Waals surface area contributed by atoms with Gasteiger partial charge in [-0.3, -0.25) is 9.59 Å². The fourth-order valence-electron chi connectivity index (χ4n) is 2.53. The molecule has 1 aromatic rings. The number of nitrogens with zero attached hydrogens (tertiary/aromatic N) is 2. The molecule has 1 aliphatic heterocycles. The lowest BCUT2D eigenvalue weighted by Gasteiger charge is -2.36. The zero-order valence-electron chi connectivity index (χ0n) is 11.7. The Morgan fingerprint density at radius 3 is 2.40 bits per heavy atom. The molecule has 0 saturated carbocycles. The van der Waals surface area contributed by atoms with Gasteiger partial charge >= 0.3 is 0 Å². The van der Waals surface area contributed by atoms with Gasteiger partial charge in [0.2, 0.25) is 5.91 Å². The molecule has 2 rings (SSSR count). The Morgan fingerprint density at radius 1 is 1.25 bits per heavy atom. The molecular weight excluding hydrogens is 256 g/mol. The molecule has 2 amide bonds. The molecular formula is C15H20N2O3. The minimum absolute atomic E-state index is 0.0418. The molecule has 1 aromatic carbocycles. The molecule has 0 aromatic heterocycles. The normalized spacial score (nSPS) is 16.0. The molecule has 0 atom stereocenters. The highest BCUT2D eigenvalue weighted by Crippen LogP contribution is 2.17. The van der Waals surface area contributed by atoms with Gasteiger partial charge in [0.15, 0.2) is 0 Å². The molecule has 1 heterocycles. The van der Waals surface area contributed by atoms with E-state index in [-0.39, 0.29) is 17.9 Å². The number of hydrogen-bond donors (Lipinski definition) is 1. The van der Waals surface area contributed by atoms with Gasteiger partial charge in [-0.2, -0.15) is 0 Å². The number of hydrogen-bond acceptors (Lipinski definition) is 3. The Morgan fingerprint density at radius 2 is 1.85 bits per heavy atom. The van der Waals surface area contributed by atoms with Crippen molar-refractivity contribution in [1.82, 2.24) is 9.80 Å². The van der Waals surface area contributed by atoms with E-state index in [0.29, 0.717) is 18.7 Å². The van der Waals surface area contributed by atoms with Crippen molar-refractivity contribution in [2.75, 3.05) is 26.7 Å². The fourth-order valence-corrected chi connectivity index (χ4v) is 2.53. The lowest BCUT2D eigenvalue weighted by atomic mass is 10.0. The number of benzene rings is 1. The number of likely N-dealkylation sites (tertiary alicyclic amines) is 1. The van der Waals surface area contributed by atoms with Gasteiger partial charge in [0.05, 0.1) is 0 Å². The van der Waals surface area contributed by atoms with Gasteiger partial charge in [-0.05, 0) is 25.0 Å². The molecule has 0 unspecified atom stereocenters. The molecule has 1 N–H and O–H groups in total. The molecule has 1 saturated heterocycles. The minimum atomic E-state index is -0.459. The summed E-state index contributed by atoms with van der Waals surface area (Å²) in [6.07, 6.45) is 1.50. The van der Waals surface area contributed by atoms with Crippen molar-refractivity contribution in [1.29, 1.82) is 0 Å². The van der Waals surface area contributed by atoms with Crippen LogP contribution in [0.3, 0.4) is 0 Å². The number of piperidine rings is 1. The van der Waals surface area contributed by atoms with E-state index in [2.05, 4.69) is 0 Å². The Hall–Kier alpha value is -1.88. The maximum atomic E-state index is 12.3. The van der Waals surface area contributed by atoms with Gasteiger partial charge in [-0.25, -0.2) is 0 Å². The first-order valence-corrected chi connectivity index (χ1v) is 6.84. The van der Waals surface area contributed by atoms with E-state index in [0.717, 1.165) is 12.8 Å². The van der Waals surface area contributed by atoms with Crippen molar-refractivity contribution in [2.24, 2.45) is 0 Å². The van der Waals surface area contributed by atoms with Crippen molar-refractivity contribution >= 4 is 11.8 Å². The monoisotopic (exact) mass is 276 g/mol. The second-order valence-corrected chi connectivity index (χ2v) is 5.05. The van der Waals surface area contributed by atoms with E-state index < -0.39 is 6.61 Å². The second kappa shape index (κ2) is 6.52. The van der Waals surface area contributed by atoms with E-state index in [1.807, 2.05) is 35.2 Å². The fraction of sp³-hybridized carbons (Fsp3) is 0.467. The van der Waals surface area contributed by atoms with Crippen LogP contribution >= 0.6 is 0 Å². The van der Waals surface area contributed by atoms with Crippen LogP contribution in [0.4, 0.5) is 0 Å². The van der Waals surface area contributed by atoms with Crippen LogP contribution in [0, 0.1) is 0 Å². The smallest absolute Gasteiger partial charge is 0.253 e. The zero-order chi connectivity index (χ0) is 14.5. The predicted octanol–water partition coefficient (Wildman–Crippen LogP) is 0.742. The summed E-state index contributed by atoms with van der Waals surface area (Å²) in [5.41, 5.74) is 0.700. The first-order chi connectivity index (χ1) is 9.63. The SMILES string of the molecule is CN(C(=O)CO)C1CCN(C(=O)c2ccccc2)CC1. The van der Waals surface area contributed by atoms with Crippen molar-refractivity contribution in [3.63, 3.8) is 0 Å². The lowest BCUT2D eigenvalue weighted by molar-refractivity contribution is -0.135. The van der Waals surface area contributed by atoms with Crippen LogP contribution < -0.4 is 0 Å². The molecule has 1 fully saturated rings. The molecule has 0 bridgehead atoms. The molecule has 108 valence electrons. The topological polar surface area (TPSA) is 60.9 Å². The summed E-state index contributed by atoms with van der Waals surface area (Å²) >= 11 is 0. The van der Waals surface area contributed by atoms with E-state index in [1.54, 1.807) is 11.9 Å². The molecule has 0 spiro atoms. The van der Waals surface area contributed by atoms with Gasteiger partial charge in [-0.1, -0.05) is 18.2 Å². The third kappa shape index (κ3) is 3.17. The average molecular weight is 276 g/mol. The van der Waals surface area contributed by atoms with Crippen LogP contribution in [-0.4, -0.2) is 59.5 Å². The summed E-state index contributed by atoms with van der Waals surface area (Å²) in [5.74, 6) is -0.224. The average Bonchev–Trinajstić information content (AvgIpc) is 2.53. The first-order valence-electron chi connectivity index (χ1n) is 6.84. The second-order valence-electron chi connectivity index (χ2n) is 5.05. The Labute approximate surface area is 118 Å². The summed E-state index contributed by atoms with van der Waals surface area (Å²) in [6.45, 7) is 0.822. The van der Waals surface area contributed by atoms with Gasteiger partial charge < -0.3 is 14.9 Å². The predicted molar refractivity (Wildman–Crippen MR) is 75.2 cm³/mol. The largest absolute Gasteiger partial charge is 0.387 e. The minimum Gasteiger partial charge on any atom is -0.387 e. The van der Waals surface area contributed by atoms with Crippen LogP contribution in [0.5, 0.6) is 0 Å². The van der Waals surface area contributed by atoms with Crippen molar-refractivity contribution in [3.05, 3.63) is 35.9 Å². The van der Waals surface area contributed by atoms with Crippen LogP contribution in [0.2, 0.25) is 0 Å². The van der Waals surface area contributed by atoms with Crippen LogP contribution in [0.25, 0.3) is 0 Å². The number of aliphatic hydroxyl groups excluding tert-OH is 1. The number of carbonyl (C=O) groups is 2. The van der Waals surface area contributed by atoms with E-state index in [1.165, 1.54) is 0 Å². The molecule has 5 nitrogen and oxygen atoms in total. The van der Waals surface area contributed by atoms with Gasteiger partial charge in [0, 0.05) is 31.7 Å². The maximum absolute atomic E-state index is 12.3. The van der Waals surface area contributed by atoms with Crippen molar-refractivity contribution < 1.29 is 14.7 Å². The van der Waals surface area contributed by atoms with Crippen molar-refractivity contribution in [2.45, 2.75) is 18.9 Å². The highest BCUT2D eigenvalue weighted by atomic mass is 16.3. The molecule has 5 heteroatoms. The van der Waals surface area contributed by atoms with Gasteiger partial charge in [-0.15, -0.1) is 0 Å². The van der Waals surface area contributed by atoms with Gasteiger partial charge in [0.1, 0.15) is 6.61 Å². The van der Waals surface area contributed by atoms with E-state index >= 15 is 0 Å². The number of rotatable bonds is 3. The Bertz CT molecular complexity index is 467. The zero-order valence-corrected chi connectivity index (χ0v) is 11.7. The van der Waals surface area contributed by atoms with Crippen molar-refractivity contribution in [3.8, 4) is 0 Å². The standard InChI is InChI=1S/C15H20N2O3/c1-16(14(19)11-18)13-7-9-17(10-8-13)15(20)12-5-3-2-4-6-12/h2-6,13,18H,7-11H2,1H3. The number of carbonyl (C=O) groups excluding carboxylic acids is 2. The molecule has 0 aliphatic carbocycles. The van der Waals surface area contributed by atoms with E-state index in [9.17, 15) is 9.59 Å². The summed E-state index contributed by atoms with van der Waals surface area (Å²) < 4.78 is 0. The highest BCUT2D eigenvalue weighted by molar-refractivity contribution is 5.94. The highest BCUT2D eigenvalue weighted by Gasteiger charge is 2.27. The third-order valence-electron chi connectivity index (χ3n) is 3.85. The molecule has 20 heavy (non-hydrogen) atoms. The molecule has 1 aliphatic rings. The number of likely N-dealkylation sites (N-methyl/N-ethyl adjacent to an activating group) is 1. The summed E-state index contributed by atoms with van der Waals surface area (Å²) in [4.78, 5) is 27.1. The van der Waals surface area contributed by atoms with E-state index in [4.69, 9.17) is 5.11 Å². The lowest BCUT2D eigenvalue weighted by Crippen LogP contribution is -2.47. The first kappa shape index (κ1) is 14.5. The van der Waals surface area contributed by atoms with Crippen LogP contribution in [-0.2, 0) is 4.79 Å². The maximum Gasteiger partial charge on any atom is 0.253 e. The number of amides is 2. The number of aliphatic hydroxyl groups is 1. The third-order valence-corrected chi connectivity index (χ3v) is 3.85. The van der Waals surface area contributed by atoms with Crippen LogP contribution in [0.15, 0.2) is 30.3 Å². The van der Waals surface area contributed by atoms with Crippen LogP contribution in [0.1, 0.15) is 23.2 Å². The molecule has 0 radical (unpaired) electrons. The summed E-state index contributed by atoms with van der Waals surface area (Å²) in [5, 5.41) is 8.87. The Kier molecular flexibility index (Phi) is 4.74. The summed E-state index contributed by atoms with van der Waals surface area (Å²) in [6, 6.07) is 9.33. The Balaban J connectivity index is 1.91.